The highest BCUT2D eigenvalue weighted by molar-refractivity contribution is 5.77. The molecule has 0 aliphatic heterocycles. The van der Waals surface area contributed by atoms with Gasteiger partial charge in [-0.25, -0.2) is 0 Å². The summed E-state index contributed by atoms with van der Waals surface area (Å²) < 4.78 is 5.57. The summed E-state index contributed by atoms with van der Waals surface area (Å²) in [4.78, 5) is 12.1. The summed E-state index contributed by atoms with van der Waals surface area (Å²) in [6.07, 6.45) is 8.78. The molecule has 0 aromatic heterocycles. The van der Waals surface area contributed by atoms with E-state index in [1.807, 2.05) is 0 Å². The van der Waals surface area contributed by atoms with E-state index in [0.29, 0.717) is 6.54 Å². The Morgan fingerprint density at radius 3 is 2.33 bits per heavy atom. The van der Waals surface area contributed by atoms with Gasteiger partial charge in [0.15, 0.2) is 0 Å². The van der Waals surface area contributed by atoms with Gasteiger partial charge in [-0.2, -0.15) is 0 Å². The van der Waals surface area contributed by atoms with Crippen LogP contribution in [0.5, 0.6) is 0 Å². The van der Waals surface area contributed by atoms with Gasteiger partial charge in [0.25, 0.3) is 0 Å². The van der Waals surface area contributed by atoms with Crippen molar-refractivity contribution >= 4 is 5.97 Å². The molecule has 0 bridgehead atoms. The zero-order valence-corrected chi connectivity index (χ0v) is 9.34. The molecule has 0 aromatic carbocycles. The van der Waals surface area contributed by atoms with Crippen molar-refractivity contribution in [3.63, 3.8) is 0 Å². The van der Waals surface area contributed by atoms with Crippen LogP contribution in [0.1, 0.15) is 51.4 Å². The predicted octanol–water partition coefficient (Wildman–Crippen LogP) is 1.99. The zero-order valence-electron chi connectivity index (χ0n) is 9.34. The second kappa shape index (κ2) is 4.52. The van der Waals surface area contributed by atoms with Crippen LogP contribution in [0.25, 0.3) is 0 Å². The molecular formula is C12H21NO2. The van der Waals surface area contributed by atoms with Crippen molar-refractivity contribution in [3.8, 4) is 0 Å². The molecule has 0 unspecified atom stereocenters. The molecule has 0 atom stereocenters. The van der Waals surface area contributed by atoms with Gasteiger partial charge in [-0.15, -0.1) is 0 Å². The van der Waals surface area contributed by atoms with E-state index in [9.17, 15) is 4.79 Å². The van der Waals surface area contributed by atoms with E-state index in [-0.39, 0.29) is 17.5 Å². The highest BCUT2D eigenvalue weighted by Gasteiger charge is 2.42. The zero-order chi connectivity index (χ0) is 10.7. The molecule has 0 radical (unpaired) electrons. The molecule has 3 heteroatoms. The van der Waals surface area contributed by atoms with E-state index >= 15 is 0 Å². The van der Waals surface area contributed by atoms with Crippen LogP contribution in [0.3, 0.4) is 0 Å². The lowest BCUT2D eigenvalue weighted by Gasteiger charge is -2.26. The summed E-state index contributed by atoms with van der Waals surface area (Å²) in [7, 11) is 0. The van der Waals surface area contributed by atoms with Crippen LogP contribution in [0, 0.1) is 5.41 Å². The molecule has 2 aliphatic rings. The number of ether oxygens (including phenoxy) is 1. The standard InChI is InChI=1S/C12H21NO2/c13-9-12(7-3-4-8-12)11(14)15-10-5-1-2-6-10/h10H,1-9,13H2. The van der Waals surface area contributed by atoms with Crippen molar-refractivity contribution in [2.75, 3.05) is 6.54 Å². The minimum Gasteiger partial charge on any atom is -0.462 e. The summed E-state index contributed by atoms with van der Waals surface area (Å²) in [5.41, 5.74) is 5.41. The third-order valence-electron chi connectivity index (χ3n) is 3.96. The van der Waals surface area contributed by atoms with Gasteiger partial charge in [0.05, 0.1) is 5.41 Å². The molecule has 3 nitrogen and oxygen atoms in total. The average molecular weight is 211 g/mol. The molecule has 86 valence electrons. The number of hydrogen-bond acceptors (Lipinski definition) is 3. The fourth-order valence-electron chi connectivity index (χ4n) is 2.83. The summed E-state index contributed by atoms with van der Waals surface area (Å²) in [6.45, 7) is 0.457. The smallest absolute Gasteiger partial charge is 0.313 e. The van der Waals surface area contributed by atoms with Crippen molar-refractivity contribution in [1.29, 1.82) is 0 Å². The van der Waals surface area contributed by atoms with E-state index in [4.69, 9.17) is 10.5 Å². The van der Waals surface area contributed by atoms with Crippen LogP contribution >= 0.6 is 0 Å². The second-order valence-electron chi connectivity index (χ2n) is 5.00. The average Bonchev–Trinajstić information content (AvgIpc) is 2.87. The first-order chi connectivity index (χ1) is 7.27. The Balaban J connectivity index is 1.92. The first kappa shape index (κ1) is 10.9. The summed E-state index contributed by atoms with van der Waals surface area (Å²) in [6, 6.07) is 0. The van der Waals surface area contributed by atoms with Crippen molar-refractivity contribution in [3.05, 3.63) is 0 Å². The molecule has 2 rings (SSSR count). The molecule has 0 heterocycles. The Hall–Kier alpha value is -0.570. The van der Waals surface area contributed by atoms with Gasteiger partial charge in [-0.1, -0.05) is 12.8 Å². The molecule has 2 saturated carbocycles. The van der Waals surface area contributed by atoms with Gasteiger partial charge in [0, 0.05) is 6.54 Å². The summed E-state index contributed by atoms with van der Waals surface area (Å²) in [5, 5.41) is 0. The van der Waals surface area contributed by atoms with Crippen LogP contribution in [-0.2, 0) is 9.53 Å². The Labute approximate surface area is 91.4 Å². The van der Waals surface area contributed by atoms with Crippen LogP contribution in [0.15, 0.2) is 0 Å². The van der Waals surface area contributed by atoms with Gasteiger partial charge in [-0.05, 0) is 38.5 Å². The van der Waals surface area contributed by atoms with Crippen molar-refractivity contribution in [1.82, 2.24) is 0 Å². The molecule has 2 fully saturated rings. The maximum Gasteiger partial charge on any atom is 0.313 e. The van der Waals surface area contributed by atoms with Gasteiger partial charge in [0.2, 0.25) is 0 Å². The fourth-order valence-corrected chi connectivity index (χ4v) is 2.83. The minimum atomic E-state index is -0.331. The molecule has 0 amide bonds. The number of hydrogen-bond donors (Lipinski definition) is 1. The van der Waals surface area contributed by atoms with Gasteiger partial charge < -0.3 is 10.5 Å². The fraction of sp³-hybridized carbons (Fsp3) is 0.917. The van der Waals surface area contributed by atoms with E-state index in [2.05, 4.69) is 0 Å². The predicted molar refractivity (Wildman–Crippen MR) is 58.3 cm³/mol. The lowest BCUT2D eigenvalue weighted by Crippen LogP contribution is -2.39. The second-order valence-corrected chi connectivity index (χ2v) is 5.00. The van der Waals surface area contributed by atoms with E-state index in [1.165, 1.54) is 12.8 Å². The number of rotatable bonds is 3. The number of esters is 1. The van der Waals surface area contributed by atoms with Crippen molar-refractivity contribution < 1.29 is 9.53 Å². The maximum absolute atomic E-state index is 12.1. The lowest BCUT2D eigenvalue weighted by molar-refractivity contribution is -0.160. The van der Waals surface area contributed by atoms with Crippen LogP contribution in [-0.4, -0.2) is 18.6 Å². The van der Waals surface area contributed by atoms with Crippen LogP contribution in [0.2, 0.25) is 0 Å². The maximum atomic E-state index is 12.1. The molecule has 2 N–H and O–H groups in total. The normalized spacial score (nSPS) is 25.7. The van der Waals surface area contributed by atoms with E-state index in [0.717, 1.165) is 38.5 Å². The lowest BCUT2D eigenvalue weighted by atomic mass is 9.86. The van der Waals surface area contributed by atoms with Crippen molar-refractivity contribution in [2.24, 2.45) is 11.1 Å². The Kier molecular flexibility index (Phi) is 3.29. The molecular weight excluding hydrogens is 190 g/mol. The van der Waals surface area contributed by atoms with Gasteiger partial charge >= 0.3 is 5.97 Å². The SMILES string of the molecule is NCC1(C(=O)OC2CCCC2)CCCC1. The molecule has 0 spiro atoms. The number of carbonyl (C=O) groups is 1. The van der Waals surface area contributed by atoms with Gasteiger partial charge in [0.1, 0.15) is 6.10 Å². The topological polar surface area (TPSA) is 52.3 Å². The quantitative estimate of drug-likeness (QED) is 0.726. The van der Waals surface area contributed by atoms with Crippen LogP contribution in [0.4, 0.5) is 0 Å². The van der Waals surface area contributed by atoms with Crippen LogP contribution < -0.4 is 5.73 Å². The Bertz CT molecular complexity index is 228. The minimum absolute atomic E-state index is 0.0191. The summed E-state index contributed by atoms with van der Waals surface area (Å²) >= 11 is 0. The highest BCUT2D eigenvalue weighted by atomic mass is 16.5. The van der Waals surface area contributed by atoms with E-state index in [1.54, 1.807) is 0 Å². The Morgan fingerprint density at radius 2 is 1.80 bits per heavy atom. The first-order valence-corrected chi connectivity index (χ1v) is 6.18. The van der Waals surface area contributed by atoms with E-state index < -0.39 is 0 Å². The third kappa shape index (κ3) is 2.17. The monoisotopic (exact) mass is 211 g/mol. The highest BCUT2D eigenvalue weighted by Crippen LogP contribution is 2.39. The molecule has 0 saturated heterocycles. The molecule has 15 heavy (non-hydrogen) atoms. The number of nitrogens with two attached hydrogens (primary N) is 1. The first-order valence-electron chi connectivity index (χ1n) is 6.18. The number of carbonyl (C=O) groups excluding carboxylic acids is 1. The summed E-state index contributed by atoms with van der Waals surface area (Å²) in [5.74, 6) is -0.0191. The molecule has 0 aromatic rings. The van der Waals surface area contributed by atoms with Gasteiger partial charge in [-0.3, -0.25) is 4.79 Å². The van der Waals surface area contributed by atoms with Crippen molar-refractivity contribution in [2.45, 2.75) is 57.5 Å². The molecule has 2 aliphatic carbocycles. The third-order valence-corrected chi connectivity index (χ3v) is 3.96. The largest absolute Gasteiger partial charge is 0.462 e. The Morgan fingerprint density at radius 1 is 1.20 bits per heavy atom.